The number of benzene rings is 1. The Morgan fingerprint density at radius 1 is 1.30 bits per heavy atom. The Morgan fingerprint density at radius 2 is 2.00 bits per heavy atom. The minimum absolute atomic E-state index is 0.125. The van der Waals surface area contributed by atoms with Crippen molar-refractivity contribution >= 4 is 17.6 Å². The number of carboxylic acid groups (broad SMARTS) is 1. The zero-order chi connectivity index (χ0) is 14.7. The van der Waals surface area contributed by atoms with Crippen molar-refractivity contribution in [1.82, 2.24) is 4.98 Å². The van der Waals surface area contributed by atoms with Gasteiger partial charge in [-0.15, -0.1) is 0 Å². The van der Waals surface area contributed by atoms with E-state index in [1.54, 1.807) is 6.07 Å². The second-order valence-electron chi connectivity index (χ2n) is 4.30. The number of nitrogens with zero attached hydrogens (tertiary/aromatic N) is 1. The van der Waals surface area contributed by atoms with Crippen LogP contribution >= 0.6 is 11.6 Å². The first-order chi connectivity index (χ1) is 9.51. The lowest BCUT2D eigenvalue weighted by molar-refractivity contribution is 0.0697. The van der Waals surface area contributed by atoms with Crippen LogP contribution in [-0.2, 0) is 6.42 Å². The molecule has 1 heterocycles. The number of hydrogen-bond acceptors (Lipinski definition) is 3. The summed E-state index contributed by atoms with van der Waals surface area (Å²) in [6.45, 7) is 3.90. The van der Waals surface area contributed by atoms with Crippen molar-refractivity contribution in [1.29, 1.82) is 0 Å². The van der Waals surface area contributed by atoms with Gasteiger partial charge in [0.05, 0.1) is 16.3 Å². The van der Waals surface area contributed by atoms with Gasteiger partial charge in [-0.05, 0) is 43.7 Å². The standard InChI is InChI=1S/C15H14ClNO3/c1-3-12-14(6-4-9(2)17-12)20-13-7-5-10(15(18)19)8-11(13)16/h4-8H,3H2,1-2H3,(H,18,19). The van der Waals surface area contributed by atoms with Gasteiger partial charge in [-0.3, -0.25) is 4.98 Å². The molecule has 4 nitrogen and oxygen atoms in total. The Bertz CT molecular complexity index is 656. The fourth-order valence-corrected chi connectivity index (χ4v) is 2.00. The molecule has 2 aromatic rings. The predicted molar refractivity (Wildman–Crippen MR) is 76.8 cm³/mol. The molecular formula is C15H14ClNO3. The van der Waals surface area contributed by atoms with Gasteiger partial charge >= 0.3 is 5.97 Å². The summed E-state index contributed by atoms with van der Waals surface area (Å²) in [6.07, 6.45) is 0.738. The number of carboxylic acids is 1. The van der Waals surface area contributed by atoms with Crippen LogP contribution in [0.2, 0.25) is 5.02 Å². The monoisotopic (exact) mass is 291 g/mol. The zero-order valence-corrected chi connectivity index (χ0v) is 11.9. The second kappa shape index (κ2) is 5.92. The minimum Gasteiger partial charge on any atom is -0.478 e. The normalized spacial score (nSPS) is 10.3. The summed E-state index contributed by atoms with van der Waals surface area (Å²) < 4.78 is 5.73. The van der Waals surface area contributed by atoms with E-state index in [1.807, 2.05) is 26.0 Å². The van der Waals surface area contributed by atoms with Gasteiger partial charge in [0.15, 0.2) is 0 Å². The number of aromatic carboxylic acids is 1. The summed E-state index contributed by atoms with van der Waals surface area (Å²) in [4.78, 5) is 15.3. The molecule has 0 aliphatic rings. The molecule has 1 aromatic heterocycles. The van der Waals surface area contributed by atoms with Gasteiger partial charge in [-0.2, -0.15) is 0 Å². The van der Waals surface area contributed by atoms with Crippen LogP contribution in [0.25, 0.3) is 0 Å². The number of hydrogen-bond donors (Lipinski definition) is 1. The molecule has 0 atom stereocenters. The lowest BCUT2D eigenvalue weighted by atomic mass is 10.2. The van der Waals surface area contributed by atoms with Gasteiger partial charge in [-0.1, -0.05) is 18.5 Å². The van der Waals surface area contributed by atoms with E-state index in [4.69, 9.17) is 21.4 Å². The first kappa shape index (κ1) is 14.3. The molecule has 0 fully saturated rings. The average Bonchev–Trinajstić information content (AvgIpc) is 2.42. The van der Waals surface area contributed by atoms with Crippen LogP contribution in [0, 0.1) is 6.92 Å². The number of ether oxygens (including phenoxy) is 1. The molecule has 0 amide bonds. The maximum absolute atomic E-state index is 10.9. The minimum atomic E-state index is -1.02. The molecule has 0 saturated carbocycles. The number of halogens is 1. The number of carbonyl (C=O) groups is 1. The summed E-state index contributed by atoms with van der Waals surface area (Å²) >= 11 is 6.04. The van der Waals surface area contributed by atoms with Crippen molar-refractivity contribution in [3.8, 4) is 11.5 Å². The summed E-state index contributed by atoms with van der Waals surface area (Å²) in [5.41, 5.74) is 1.88. The van der Waals surface area contributed by atoms with E-state index in [2.05, 4.69) is 4.98 Å². The van der Waals surface area contributed by atoms with Crippen molar-refractivity contribution in [2.24, 2.45) is 0 Å². The van der Waals surface area contributed by atoms with E-state index in [1.165, 1.54) is 12.1 Å². The van der Waals surface area contributed by atoms with Gasteiger partial charge in [-0.25, -0.2) is 4.79 Å². The zero-order valence-electron chi connectivity index (χ0n) is 11.2. The Labute approximate surface area is 122 Å². The van der Waals surface area contributed by atoms with Crippen molar-refractivity contribution < 1.29 is 14.6 Å². The van der Waals surface area contributed by atoms with Crippen LogP contribution in [0.1, 0.15) is 28.7 Å². The molecule has 5 heteroatoms. The Hall–Kier alpha value is -2.07. The summed E-state index contributed by atoms with van der Waals surface area (Å²) in [5, 5.41) is 9.15. The molecular weight excluding hydrogens is 278 g/mol. The predicted octanol–water partition coefficient (Wildman–Crippen LogP) is 4.10. The number of aryl methyl sites for hydroxylation is 2. The number of aromatic nitrogens is 1. The third-order valence-corrected chi connectivity index (χ3v) is 3.10. The van der Waals surface area contributed by atoms with Crippen LogP contribution in [0.15, 0.2) is 30.3 Å². The van der Waals surface area contributed by atoms with Gasteiger partial charge < -0.3 is 9.84 Å². The highest BCUT2D eigenvalue weighted by Gasteiger charge is 2.11. The fourth-order valence-electron chi connectivity index (χ4n) is 1.78. The van der Waals surface area contributed by atoms with E-state index in [9.17, 15) is 4.79 Å². The molecule has 1 N–H and O–H groups in total. The van der Waals surface area contributed by atoms with E-state index >= 15 is 0 Å². The molecule has 0 unspecified atom stereocenters. The summed E-state index contributed by atoms with van der Waals surface area (Å²) in [6, 6.07) is 8.06. The van der Waals surface area contributed by atoms with Crippen LogP contribution in [0.4, 0.5) is 0 Å². The van der Waals surface area contributed by atoms with Gasteiger partial charge in [0.25, 0.3) is 0 Å². The van der Waals surface area contributed by atoms with Crippen LogP contribution in [0.5, 0.6) is 11.5 Å². The highest BCUT2D eigenvalue weighted by molar-refractivity contribution is 6.32. The van der Waals surface area contributed by atoms with Crippen molar-refractivity contribution in [3.05, 3.63) is 52.3 Å². The first-order valence-corrected chi connectivity index (χ1v) is 6.56. The molecule has 0 spiro atoms. The third-order valence-electron chi connectivity index (χ3n) is 2.81. The number of rotatable bonds is 4. The summed E-state index contributed by atoms with van der Waals surface area (Å²) in [5.74, 6) is 0.0183. The SMILES string of the molecule is CCc1nc(C)ccc1Oc1ccc(C(=O)O)cc1Cl. The van der Waals surface area contributed by atoms with E-state index in [0.717, 1.165) is 17.8 Å². The van der Waals surface area contributed by atoms with Crippen LogP contribution in [-0.4, -0.2) is 16.1 Å². The molecule has 0 bridgehead atoms. The van der Waals surface area contributed by atoms with Crippen LogP contribution in [0.3, 0.4) is 0 Å². The lowest BCUT2D eigenvalue weighted by Crippen LogP contribution is -1.98. The van der Waals surface area contributed by atoms with Gasteiger partial charge in [0.2, 0.25) is 0 Å². The van der Waals surface area contributed by atoms with Crippen molar-refractivity contribution in [3.63, 3.8) is 0 Å². The van der Waals surface area contributed by atoms with Crippen molar-refractivity contribution in [2.75, 3.05) is 0 Å². The average molecular weight is 292 g/mol. The Balaban J connectivity index is 2.33. The molecule has 0 aliphatic carbocycles. The molecule has 1 aromatic carbocycles. The Kier molecular flexibility index (Phi) is 4.25. The maximum Gasteiger partial charge on any atom is 0.335 e. The molecule has 20 heavy (non-hydrogen) atoms. The van der Waals surface area contributed by atoms with E-state index in [0.29, 0.717) is 11.5 Å². The highest BCUT2D eigenvalue weighted by atomic mass is 35.5. The molecule has 0 saturated heterocycles. The number of pyridine rings is 1. The molecule has 2 rings (SSSR count). The fraction of sp³-hybridized carbons (Fsp3) is 0.200. The second-order valence-corrected chi connectivity index (χ2v) is 4.71. The van der Waals surface area contributed by atoms with E-state index in [-0.39, 0.29) is 10.6 Å². The topological polar surface area (TPSA) is 59.4 Å². The van der Waals surface area contributed by atoms with Crippen molar-refractivity contribution in [2.45, 2.75) is 20.3 Å². The maximum atomic E-state index is 10.9. The Morgan fingerprint density at radius 3 is 2.60 bits per heavy atom. The van der Waals surface area contributed by atoms with Crippen LogP contribution < -0.4 is 4.74 Å². The lowest BCUT2D eigenvalue weighted by Gasteiger charge is -2.11. The summed E-state index contributed by atoms with van der Waals surface area (Å²) in [7, 11) is 0. The molecule has 0 radical (unpaired) electrons. The third kappa shape index (κ3) is 3.08. The van der Waals surface area contributed by atoms with E-state index < -0.39 is 5.97 Å². The highest BCUT2D eigenvalue weighted by Crippen LogP contribution is 2.31. The quantitative estimate of drug-likeness (QED) is 0.921. The molecule has 104 valence electrons. The largest absolute Gasteiger partial charge is 0.478 e. The van der Waals surface area contributed by atoms with Gasteiger partial charge in [0, 0.05) is 5.69 Å². The molecule has 0 aliphatic heterocycles. The smallest absolute Gasteiger partial charge is 0.335 e. The van der Waals surface area contributed by atoms with Gasteiger partial charge in [0.1, 0.15) is 11.5 Å². The first-order valence-electron chi connectivity index (χ1n) is 6.18.